The van der Waals surface area contributed by atoms with Crippen LogP contribution in [0.15, 0.2) is 60.9 Å². The molecule has 0 spiro atoms. The van der Waals surface area contributed by atoms with Crippen molar-refractivity contribution in [3.8, 4) is 32.0 Å². The number of thiazole rings is 2. The van der Waals surface area contributed by atoms with Gasteiger partial charge in [0.25, 0.3) is 0 Å². The molecule has 2 heterocycles. The Morgan fingerprint density at radius 3 is 1.91 bits per heavy atom. The zero-order valence-corrected chi connectivity index (χ0v) is 27.9. The number of hydrogen-bond donors (Lipinski definition) is 2. The van der Waals surface area contributed by atoms with E-state index in [4.69, 9.17) is 4.74 Å². The molecular weight excluding hydrogens is 591 g/mol. The monoisotopic (exact) mass is 633 g/mol. The number of amides is 2. The summed E-state index contributed by atoms with van der Waals surface area (Å²) in [5.74, 6) is 0.124. The van der Waals surface area contributed by atoms with Gasteiger partial charge in [-0.15, -0.1) is 22.7 Å². The quantitative estimate of drug-likeness (QED) is 0.131. The van der Waals surface area contributed by atoms with E-state index in [0.29, 0.717) is 19.5 Å². The van der Waals surface area contributed by atoms with E-state index in [1.54, 1.807) is 27.6 Å². The van der Waals surface area contributed by atoms with Crippen LogP contribution in [0.2, 0.25) is 0 Å². The molecule has 0 aliphatic rings. The van der Waals surface area contributed by atoms with Crippen molar-refractivity contribution in [1.82, 2.24) is 25.5 Å². The van der Waals surface area contributed by atoms with Gasteiger partial charge in [0.1, 0.15) is 16.1 Å². The van der Waals surface area contributed by atoms with Gasteiger partial charge in [-0.2, -0.15) is 0 Å². The summed E-state index contributed by atoms with van der Waals surface area (Å²) in [6.45, 7) is 11.1. The van der Waals surface area contributed by atoms with Crippen molar-refractivity contribution in [1.29, 1.82) is 0 Å². The average Bonchev–Trinajstić information content (AvgIpc) is 3.70. The first-order valence-electron chi connectivity index (χ1n) is 15.3. The molecule has 0 bridgehead atoms. The number of nitrogens with zero attached hydrogens (tertiary/aromatic N) is 3. The Labute approximate surface area is 268 Å². The van der Waals surface area contributed by atoms with E-state index in [2.05, 4.69) is 76.1 Å². The summed E-state index contributed by atoms with van der Waals surface area (Å²) in [4.78, 5) is 38.6. The number of carbonyl (C=O) groups excluding carboxylic acids is 2. The third-order valence-corrected chi connectivity index (χ3v) is 9.17. The Kier molecular flexibility index (Phi) is 12.5. The lowest BCUT2D eigenvalue weighted by Crippen LogP contribution is -2.49. The molecule has 8 nitrogen and oxygen atoms in total. The second-order valence-corrected chi connectivity index (χ2v) is 13.4. The van der Waals surface area contributed by atoms with Gasteiger partial charge in [-0.3, -0.25) is 4.79 Å². The molecule has 4 rings (SSSR count). The average molecular weight is 634 g/mol. The highest BCUT2D eigenvalue weighted by Gasteiger charge is 2.27. The second-order valence-electron chi connectivity index (χ2n) is 11.1. The fraction of sp³-hybridized carbons (Fsp3) is 0.412. The molecule has 2 aromatic carbocycles. The Hall–Kier alpha value is -3.60. The van der Waals surface area contributed by atoms with Crippen LogP contribution in [0.4, 0.5) is 4.79 Å². The number of carbonyl (C=O) groups is 2. The smallest absolute Gasteiger partial charge is 0.407 e. The normalized spacial score (nSPS) is 11.9. The number of rotatable bonds is 15. The third-order valence-electron chi connectivity index (χ3n) is 7.10. The predicted octanol–water partition coefficient (Wildman–Crippen LogP) is 7.61. The van der Waals surface area contributed by atoms with Crippen molar-refractivity contribution in [2.45, 2.75) is 66.1 Å². The van der Waals surface area contributed by atoms with Crippen LogP contribution >= 0.6 is 22.7 Å². The molecule has 44 heavy (non-hydrogen) atoms. The molecule has 10 heteroatoms. The van der Waals surface area contributed by atoms with E-state index >= 15 is 0 Å². The lowest BCUT2D eigenvalue weighted by Gasteiger charge is -2.27. The highest BCUT2D eigenvalue weighted by Crippen LogP contribution is 2.32. The van der Waals surface area contributed by atoms with E-state index in [1.165, 1.54) is 17.6 Å². The summed E-state index contributed by atoms with van der Waals surface area (Å²) in [5, 5.41) is 8.09. The predicted molar refractivity (Wildman–Crippen MR) is 181 cm³/mol. The van der Waals surface area contributed by atoms with Gasteiger partial charge >= 0.3 is 6.09 Å². The minimum Gasteiger partial charge on any atom is -0.453 e. The lowest BCUT2D eigenvalue weighted by molar-refractivity contribution is -0.134. The summed E-state index contributed by atoms with van der Waals surface area (Å²) in [7, 11) is 1.31. The van der Waals surface area contributed by atoms with Crippen LogP contribution in [0.1, 0.15) is 57.0 Å². The maximum Gasteiger partial charge on any atom is 0.407 e. The molecule has 4 aromatic rings. The minimum absolute atomic E-state index is 0.113. The van der Waals surface area contributed by atoms with Crippen LogP contribution in [0.25, 0.3) is 32.0 Å². The van der Waals surface area contributed by atoms with Crippen molar-refractivity contribution in [3.05, 3.63) is 70.9 Å². The van der Waals surface area contributed by atoms with E-state index < -0.39 is 12.1 Å². The highest BCUT2D eigenvalue weighted by molar-refractivity contribution is 7.15. The van der Waals surface area contributed by atoms with Gasteiger partial charge in [0.2, 0.25) is 5.91 Å². The topological polar surface area (TPSA) is 96.5 Å². The van der Waals surface area contributed by atoms with Crippen molar-refractivity contribution < 1.29 is 14.3 Å². The summed E-state index contributed by atoms with van der Waals surface area (Å²) in [6.07, 6.45) is 5.69. The summed E-state index contributed by atoms with van der Waals surface area (Å²) >= 11 is 3.32. The molecule has 0 aliphatic heterocycles. The number of aromatic nitrogens is 2. The SMILES string of the molecule is CCCNCc1ncc(-c2ccc(-c3ccc(-c4cnc(CN(CCC)C(=O)C(CC(C)C)NC(=O)OC)s4)cc3)cc2)s1. The van der Waals surface area contributed by atoms with Crippen LogP contribution in [-0.2, 0) is 22.6 Å². The van der Waals surface area contributed by atoms with Crippen LogP contribution < -0.4 is 10.6 Å². The summed E-state index contributed by atoms with van der Waals surface area (Å²) in [6, 6.07) is 16.5. The maximum atomic E-state index is 13.5. The van der Waals surface area contributed by atoms with Crippen molar-refractivity contribution in [2.24, 2.45) is 5.92 Å². The molecule has 0 saturated heterocycles. The number of methoxy groups -OCH3 is 1. The fourth-order valence-corrected chi connectivity index (χ4v) is 6.71. The zero-order valence-electron chi connectivity index (χ0n) is 26.3. The first-order valence-corrected chi connectivity index (χ1v) is 16.9. The Morgan fingerprint density at radius 1 is 0.841 bits per heavy atom. The minimum atomic E-state index is -0.637. The second kappa shape index (κ2) is 16.5. The number of nitrogens with one attached hydrogen (secondary N) is 2. The number of hydrogen-bond acceptors (Lipinski definition) is 8. The Balaban J connectivity index is 1.41. The lowest BCUT2D eigenvalue weighted by atomic mass is 10.0. The number of ether oxygens (including phenoxy) is 1. The van der Waals surface area contributed by atoms with Crippen molar-refractivity contribution in [2.75, 3.05) is 20.2 Å². The van der Waals surface area contributed by atoms with Crippen LogP contribution in [-0.4, -0.2) is 53.1 Å². The van der Waals surface area contributed by atoms with E-state index in [-0.39, 0.29) is 11.8 Å². The van der Waals surface area contributed by atoms with Crippen LogP contribution in [0.5, 0.6) is 0 Å². The summed E-state index contributed by atoms with van der Waals surface area (Å²) in [5.41, 5.74) is 4.56. The molecule has 0 saturated carbocycles. The molecule has 0 aliphatic carbocycles. The van der Waals surface area contributed by atoms with Crippen LogP contribution in [0, 0.1) is 5.92 Å². The van der Waals surface area contributed by atoms with Gasteiger partial charge in [0.15, 0.2) is 0 Å². The molecule has 2 N–H and O–H groups in total. The molecule has 0 radical (unpaired) electrons. The summed E-state index contributed by atoms with van der Waals surface area (Å²) < 4.78 is 4.76. The van der Waals surface area contributed by atoms with Crippen molar-refractivity contribution >= 4 is 34.7 Å². The van der Waals surface area contributed by atoms with Crippen molar-refractivity contribution in [3.63, 3.8) is 0 Å². The first kappa shape index (κ1) is 33.3. The standard InChI is InChI=1S/C34H43N5O3S2/c1-6-16-35-21-31-36-19-29(43-31)26-12-8-24(9-13-26)25-10-14-27(15-11-25)30-20-37-32(44-30)22-39(17-7-2)33(40)28(18-23(3)4)38-34(41)42-5/h8-15,19-20,23,28,35H,6-7,16-18,21-22H2,1-5H3,(H,38,41). The fourth-order valence-electron chi connectivity index (χ4n) is 4.88. The van der Waals surface area contributed by atoms with E-state index in [0.717, 1.165) is 57.5 Å². The van der Waals surface area contributed by atoms with Gasteiger partial charge in [0.05, 0.1) is 23.4 Å². The van der Waals surface area contributed by atoms with Gasteiger partial charge < -0.3 is 20.3 Å². The largest absolute Gasteiger partial charge is 0.453 e. The number of benzene rings is 2. The zero-order chi connectivity index (χ0) is 31.5. The molecule has 1 atom stereocenters. The number of alkyl carbamates (subject to hydrolysis) is 1. The van der Waals surface area contributed by atoms with E-state index in [9.17, 15) is 9.59 Å². The molecule has 1 unspecified atom stereocenters. The molecule has 2 aromatic heterocycles. The van der Waals surface area contributed by atoms with Gasteiger partial charge in [0, 0.05) is 25.5 Å². The third kappa shape index (κ3) is 9.20. The van der Waals surface area contributed by atoms with Gasteiger partial charge in [-0.25, -0.2) is 14.8 Å². The van der Waals surface area contributed by atoms with E-state index in [1.807, 2.05) is 33.2 Å². The molecular formula is C34H43N5O3S2. The first-order chi connectivity index (χ1) is 21.3. The maximum absolute atomic E-state index is 13.5. The van der Waals surface area contributed by atoms with Gasteiger partial charge in [-0.05, 0) is 54.0 Å². The Morgan fingerprint density at radius 2 is 1.39 bits per heavy atom. The molecule has 234 valence electrons. The molecule has 2 amide bonds. The highest BCUT2D eigenvalue weighted by atomic mass is 32.1. The Bertz CT molecular complexity index is 1480. The van der Waals surface area contributed by atoms with Gasteiger partial charge in [-0.1, -0.05) is 76.2 Å². The molecule has 0 fully saturated rings. The van der Waals surface area contributed by atoms with Crippen LogP contribution in [0.3, 0.4) is 0 Å².